The Morgan fingerprint density at radius 1 is 1.25 bits per heavy atom. The van der Waals surface area contributed by atoms with Crippen molar-refractivity contribution in [2.45, 2.75) is 65.5 Å². The van der Waals surface area contributed by atoms with Gasteiger partial charge in [0, 0.05) is 12.1 Å². The van der Waals surface area contributed by atoms with Gasteiger partial charge in [0.05, 0.1) is 17.1 Å². The monoisotopic (exact) mass is 327 g/mol. The van der Waals surface area contributed by atoms with Gasteiger partial charge in [-0.3, -0.25) is 4.79 Å². The van der Waals surface area contributed by atoms with Crippen LogP contribution < -0.4 is 5.32 Å². The van der Waals surface area contributed by atoms with Crippen LogP contribution in [0.3, 0.4) is 0 Å². The summed E-state index contributed by atoms with van der Waals surface area (Å²) in [7, 11) is 0. The third-order valence-electron chi connectivity index (χ3n) is 4.29. The van der Waals surface area contributed by atoms with E-state index in [2.05, 4.69) is 29.5 Å². The molecular weight excluding hydrogens is 298 g/mol. The number of aromatic nitrogens is 2. The van der Waals surface area contributed by atoms with E-state index in [4.69, 9.17) is 4.98 Å². The summed E-state index contributed by atoms with van der Waals surface area (Å²) < 4.78 is 2.25. The number of hydrogen-bond donors (Lipinski definition) is 1. The predicted octanol–water partition coefficient (Wildman–Crippen LogP) is 4.76. The molecule has 1 unspecified atom stereocenters. The molecule has 2 rings (SSSR count). The zero-order chi connectivity index (χ0) is 17.5. The number of nitrogens with one attached hydrogen (secondary N) is 1. The zero-order valence-electron chi connectivity index (χ0n) is 15.1. The van der Waals surface area contributed by atoms with Crippen molar-refractivity contribution in [3.63, 3.8) is 0 Å². The van der Waals surface area contributed by atoms with E-state index in [1.165, 1.54) is 25.7 Å². The first-order valence-corrected chi connectivity index (χ1v) is 8.96. The number of para-hydroxylation sites is 2. The van der Waals surface area contributed by atoms with Crippen molar-refractivity contribution in [2.24, 2.45) is 0 Å². The third kappa shape index (κ3) is 4.47. The second-order valence-electron chi connectivity index (χ2n) is 6.50. The number of rotatable bonds is 9. The van der Waals surface area contributed by atoms with E-state index in [9.17, 15) is 4.79 Å². The summed E-state index contributed by atoms with van der Waals surface area (Å²) in [5, 5.41) is 2.99. The second kappa shape index (κ2) is 8.67. The normalized spacial score (nSPS) is 12.3. The van der Waals surface area contributed by atoms with Gasteiger partial charge in [0.1, 0.15) is 5.82 Å². The van der Waals surface area contributed by atoms with Gasteiger partial charge in [-0.25, -0.2) is 4.98 Å². The molecule has 2 aromatic rings. The van der Waals surface area contributed by atoms with Gasteiger partial charge in [0.25, 0.3) is 0 Å². The fourth-order valence-electron chi connectivity index (χ4n) is 2.92. The van der Waals surface area contributed by atoms with Crippen LogP contribution in [0.5, 0.6) is 0 Å². The molecule has 0 aliphatic rings. The number of imidazole rings is 1. The van der Waals surface area contributed by atoms with Crippen LogP contribution in [-0.2, 0) is 11.3 Å². The molecule has 0 saturated heterocycles. The van der Waals surface area contributed by atoms with E-state index < -0.39 is 0 Å². The molecule has 0 bridgehead atoms. The lowest BCUT2D eigenvalue weighted by Crippen LogP contribution is -2.29. The fourth-order valence-corrected chi connectivity index (χ4v) is 2.92. The summed E-state index contributed by atoms with van der Waals surface area (Å²) in [5.74, 6) is 0.797. The highest BCUT2D eigenvalue weighted by Gasteiger charge is 2.18. The molecule has 0 fully saturated rings. The Morgan fingerprint density at radius 2 is 1.96 bits per heavy atom. The first-order valence-electron chi connectivity index (χ1n) is 8.96. The van der Waals surface area contributed by atoms with E-state index in [1.54, 1.807) is 6.92 Å². The molecule has 24 heavy (non-hydrogen) atoms. The fraction of sp³-hybridized carbons (Fsp3) is 0.500. The van der Waals surface area contributed by atoms with Crippen LogP contribution in [-0.4, -0.2) is 15.5 Å². The predicted molar refractivity (Wildman–Crippen MR) is 99.9 cm³/mol. The number of aryl methyl sites for hydroxylation is 1. The van der Waals surface area contributed by atoms with E-state index in [0.717, 1.165) is 29.8 Å². The van der Waals surface area contributed by atoms with Crippen LogP contribution >= 0.6 is 0 Å². The molecule has 1 N–H and O–H groups in total. The molecule has 1 atom stereocenters. The summed E-state index contributed by atoms with van der Waals surface area (Å²) >= 11 is 0. The first kappa shape index (κ1) is 18.2. The van der Waals surface area contributed by atoms with Crippen molar-refractivity contribution in [1.29, 1.82) is 0 Å². The molecular formula is C20H29N3O. The topological polar surface area (TPSA) is 46.9 Å². The van der Waals surface area contributed by atoms with Crippen molar-refractivity contribution in [1.82, 2.24) is 14.9 Å². The number of hydrogen-bond acceptors (Lipinski definition) is 2. The van der Waals surface area contributed by atoms with Crippen LogP contribution in [0.15, 0.2) is 36.4 Å². The summed E-state index contributed by atoms with van der Waals surface area (Å²) in [4.78, 5) is 16.7. The number of carbonyl (C=O) groups excluding carboxylic acids is 1. The van der Waals surface area contributed by atoms with Crippen LogP contribution in [0.4, 0.5) is 0 Å². The van der Waals surface area contributed by atoms with Crippen molar-refractivity contribution in [2.75, 3.05) is 0 Å². The smallest absolute Gasteiger partial charge is 0.246 e. The molecule has 0 spiro atoms. The number of fused-ring (bicyclic) bond motifs is 1. The Bertz CT molecular complexity index is 702. The highest BCUT2D eigenvalue weighted by Crippen LogP contribution is 2.22. The summed E-state index contributed by atoms with van der Waals surface area (Å²) in [5.41, 5.74) is 2.64. The summed E-state index contributed by atoms with van der Waals surface area (Å²) in [6.07, 6.45) is 6.19. The quantitative estimate of drug-likeness (QED) is 0.533. The molecule has 0 saturated carbocycles. The largest absolute Gasteiger partial charge is 0.343 e. The highest BCUT2D eigenvalue weighted by atomic mass is 16.1. The van der Waals surface area contributed by atoms with Crippen molar-refractivity contribution in [3.05, 3.63) is 42.2 Å². The van der Waals surface area contributed by atoms with Crippen molar-refractivity contribution >= 4 is 16.9 Å². The van der Waals surface area contributed by atoms with Crippen LogP contribution in [0, 0.1) is 0 Å². The Balaban J connectivity index is 2.19. The molecule has 4 heteroatoms. The molecule has 0 aliphatic carbocycles. The van der Waals surface area contributed by atoms with E-state index in [1.807, 2.05) is 25.1 Å². The average Bonchev–Trinajstić information content (AvgIpc) is 2.93. The Kier molecular flexibility index (Phi) is 6.59. The summed E-state index contributed by atoms with van der Waals surface area (Å²) in [6.45, 7) is 10.6. The third-order valence-corrected chi connectivity index (χ3v) is 4.29. The van der Waals surface area contributed by atoms with Gasteiger partial charge >= 0.3 is 0 Å². The van der Waals surface area contributed by atoms with Gasteiger partial charge in [-0.15, -0.1) is 0 Å². The minimum atomic E-state index is -0.141. The van der Waals surface area contributed by atoms with Gasteiger partial charge in [-0.1, -0.05) is 51.3 Å². The van der Waals surface area contributed by atoms with Gasteiger partial charge < -0.3 is 9.88 Å². The average molecular weight is 327 g/mol. The lowest BCUT2D eigenvalue weighted by Gasteiger charge is -2.16. The maximum Gasteiger partial charge on any atom is 0.246 e. The second-order valence-corrected chi connectivity index (χ2v) is 6.50. The molecule has 0 radical (unpaired) electrons. The van der Waals surface area contributed by atoms with Crippen LogP contribution in [0.2, 0.25) is 0 Å². The molecule has 1 heterocycles. The van der Waals surface area contributed by atoms with Gasteiger partial charge in [-0.05, 0) is 32.4 Å². The molecule has 1 aromatic heterocycles. The number of amides is 1. The SMILES string of the molecule is C=C(C)C(=O)NC(C)c1nc2ccccc2n1CCCCCCC. The molecule has 0 aliphatic heterocycles. The van der Waals surface area contributed by atoms with Crippen molar-refractivity contribution in [3.8, 4) is 0 Å². The Morgan fingerprint density at radius 3 is 2.67 bits per heavy atom. The zero-order valence-corrected chi connectivity index (χ0v) is 15.1. The molecule has 130 valence electrons. The minimum absolute atomic E-state index is 0.121. The molecule has 4 nitrogen and oxygen atoms in total. The number of nitrogens with zero attached hydrogens (tertiary/aromatic N) is 2. The highest BCUT2D eigenvalue weighted by molar-refractivity contribution is 5.92. The maximum absolute atomic E-state index is 11.9. The van der Waals surface area contributed by atoms with Gasteiger partial charge in [0.2, 0.25) is 5.91 Å². The molecule has 1 amide bonds. The minimum Gasteiger partial charge on any atom is -0.343 e. The van der Waals surface area contributed by atoms with Crippen molar-refractivity contribution < 1.29 is 4.79 Å². The number of carbonyl (C=O) groups is 1. The lowest BCUT2D eigenvalue weighted by atomic mass is 10.1. The maximum atomic E-state index is 11.9. The first-order chi connectivity index (χ1) is 11.5. The van der Waals surface area contributed by atoms with Crippen LogP contribution in [0.1, 0.15) is 64.7 Å². The van der Waals surface area contributed by atoms with E-state index >= 15 is 0 Å². The van der Waals surface area contributed by atoms with E-state index in [-0.39, 0.29) is 11.9 Å². The lowest BCUT2D eigenvalue weighted by molar-refractivity contribution is -0.118. The standard InChI is InChI=1S/C20H29N3O/c1-5-6-7-8-11-14-23-18-13-10-9-12-17(18)22-19(23)16(4)21-20(24)15(2)3/h9-10,12-13,16H,2,5-8,11,14H2,1,3-4H3,(H,21,24). The number of unbranched alkanes of at least 4 members (excludes halogenated alkanes) is 4. The van der Waals surface area contributed by atoms with Gasteiger partial charge in [0.15, 0.2) is 0 Å². The van der Waals surface area contributed by atoms with Crippen LogP contribution in [0.25, 0.3) is 11.0 Å². The van der Waals surface area contributed by atoms with E-state index in [0.29, 0.717) is 5.57 Å². The Labute approximate surface area is 145 Å². The van der Waals surface area contributed by atoms with Gasteiger partial charge in [-0.2, -0.15) is 0 Å². The molecule has 1 aromatic carbocycles. The number of benzene rings is 1. The summed E-state index contributed by atoms with van der Waals surface area (Å²) in [6, 6.07) is 8.03. The Hall–Kier alpha value is -2.10.